The van der Waals surface area contributed by atoms with Crippen LogP contribution >= 0.6 is 15.2 Å². The van der Waals surface area contributed by atoms with E-state index in [9.17, 15) is 9.13 Å². The van der Waals surface area contributed by atoms with E-state index in [1.807, 2.05) is 0 Å². The number of hydrogen-bond acceptors (Lipinski definition) is 6. The fraction of sp³-hybridized carbons (Fsp3) is 0.368. The Bertz CT molecular complexity index is 629. The predicted octanol–water partition coefficient (Wildman–Crippen LogP) is 5.48. The molecular weight excluding hydrogens is 386 g/mol. The van der Waals surface area contributed by atoms with Crippen molar-refractivity contribution >= 4 is 15.2 Å². The molecule has 27 heavy (non-hydrogen) atoms. The largest absolute Gasteiger partial charge is 0.327 e. The normalized spacial score (nSPS) is 10.9. The van der Waals surface area contributed by atoms with E-state index in [4.69, 9.17) is 0 Å². The van der Waals surface area contributed by atoms with Crippen LogP contribution in [0.3, 0.4) is 0 Å². The molecule has 6 nitrogen and oxygen atoms in total. The van der Waals surface area contributed by atoms with Gasteiger partial charge in [-0.2, -0.15) is 0 Å². The number of benzene rings is 2. The first-order valence-electron chi connectivity index (χ1n) is 8.15. The standard InChI is InChI=1S/C13H12.2C3H9O3P/c1-3-7-12(8-4-1)11-13-9-5-2-6-10-13;2*1-5-7(3,4)6-2/h1-10H,11H2;2*1-3H3. The molecule has 0 radical (unpaired) electrons. The third-order valence-corrected chi connectivity index (χ3v) is 6.07. The molecule has 2 aromatic rings. The molecule has 0 bridgehead atoms. The Morgan fingerprint density at radius 2 is 0.852 bits per heavy atom. The average Bonchev–Trinajstić information content (AvgIpc) is 2.70. The SMILES string of the molecule is COP(C)(=O)OC.COP(C)(=O)OC.c1ccc(Cc2ccccc2)cc1. The van der Waals surface area contributed by atoms with E-state index in [-0.39, 0.29) is 0 Å². The van der Waals surface area contributed by atoms with Crippen LogP contribution < -0.4 is 0 Å². The Balaban J connectivity index is 0.000000416. The molecule has 0 amide bonds. The number of rotatable bonds is 6. The third kappa shape index (κ3) is 13.5. The molecular formula is C19H30O6P2. The van der Waals surface area contributed by atoms with Crippen molar-refractivity contribution in [3.05, 3.63) is 71.8 Å². The predicted molar refractivity (Wildman–Crippen MR) is 111 cm³/mol. The molecule has 2 rings (SSSR count). The summed E-state index contributed by atoms with van der Waals surface area (Å²) >= 11 is 0. The first-order valence-corrected chi connectivity index (χ1v) is 12.1. The lowest BCUT2D eigenvalue weighted by atomic mass is 10.1. The fourth-order valence-corrected chi connectivity index (χ4v) is 1.87. The van der Waals surface area contributed by atoms with E-state index in [1.54, 1.807) is 0 Å². The van der Waals surface area contributed by atoms with Gasteiger partial charge in [-0.05, 0) is 17.5 Å². The first kappa shape index (κ1) is 25.7. The summed E-state index contributed by atoms with van der Waals surface area (Å²) in [5.41, 5.74) is 2.74. The van der Waals surface area contributed by atoms with Crippen LogP contribution in [0.4, 0.5) is 0 Å². The van der Waals surface area contributed by atoms with E-state index >= 15 is 0 Å². The van der Waals surface area contributed by atoms with E-state index in [0.29, 0.717) is 0 Å². The van der Waals surface area contributed by atoms with Crippen molar-refractivity contribution in [1.82, 2.24) is 0 Å². The van der Waals surface area contributed by atoms with Crippen LogP contribution in [-0.2, 0) is 33.6 Å². The Hall–Kier alpha value is -1.26. The summed E-state index contributed by atoms with van der Waals surface area (Å²) in [6.07, 6.45) is 1.03. The highest BCUT2D eigenvalue weighted by molar-refractivity contribution is 7.53. The third-order valence-electron chi connectivity index (χ3n) is 3.42. The molecule has 0 aromatic heterocycles. The molecule has 0 unspecified atom stereocenters. The van der Waals surface area contributed by atoms with Gasteiger partial charge in [0.15, 0.2) is 0 Å². The van der Waals surface area contributed by atoms with Gasteiger partial charge in [-0.25, -0.2) is 0 Å². The molecule has 0 aliphatic carbocycles. The van der Waals surface area contributed by atoms with Crippen LogP contribution in [0.2, 0.25) is 0 Å². The molecule has 0 fully saturated rings. The van der Waals surface area contributed by atoms with Crippen molar-refractivity contribution in [2.45, 2.75) is 6.42 Å². The fourth-order valence-electron chi connectivity index (χ4n) is 1.58. The molecule has 2 aromatic carbocycles. The van der Waals surface area contributed by atoms with Gasteiger partial charge in [0, 0.05) is 41.8 Å². The highest BCUT2D eigenvalue weighted by Gasteiger charge is 2.09. The second kappa shape index (κ2) is 13.8. The van der Waals surface area contributed by atoms with Crippen molar-refractivity contribution in [3.8, 4) is 0 Å². The van der Waals surface area contributed by atoms with Gasteiger partial charge >= 0.3 is 15.2 Å². The second-order valence-corrected chi connectivity index (χ2v) is 9.97. The Morgan fingerprint density at radius 3 is 1.04 bits per heavy atom. The van der Waals surface area contributed by atoms with Gasteiger partial charge in [-0.3, -0.25) is 9.13 Å². The van der Waals surface area contributed by atoms with Gasteiger partial charge in [-0.15, -0.1) is 0 Å². The first-order chi connectivity index (χ1) is 12.7. The van der Waals surface area contributed by atoms with Crippen LogP contribution in [0.15, 0.2) is 60.7 Å². The lowest BCUT2D eigenvalue weighted by Crippen LogP contribution is -1.85. The minimum Gasteiger partial charge on any atom is -0.312 e. The molecule has 0 heterocycles. The van der Waals surface area contributed by atoms with Crippen molar-refractivity contribution in [2.75, 3.05) is 41.8 Å². The van der Waals surface area contributed by atoms with Gasteiger partial charge < -0.3 is 18.1 Å². The molecule has 0 saturated carbocycles. The van der Waals surface area contributed by atoms with Crippen molar-refractivity contribution < 1.29 is 27.2 Å². The highest BCUT2D eigenvalue weighted by Crippen LogP contribution is 2.41. The molecule has 0 N–H and O–H groups in total. The van der Waals surface area contributed by atoms with Crippen molar-refractivity contribution in [2.24, 2.45) is 0 Å². The van der Waals surface area contributed by atoms with Gasteiger partial charge in [0.25, 0.3) is 0 Å². The van der Waals surface area contributed by atoms with Gasteiger partial charge in [0.1, 0.15) is 0 Å². The van der Waals surface area contributed by atoms with Crippen molar-refractivity contribution in [1.29, 1.82) is 0 Å². The molecule has 0 saturated heterocycles. The van der Waals surface area contributed by atoms with E-state index in [2.05, 4.69) is 78.8 Å². The van der Waals surface area contributed by atoms with Crippen LogP contribution in [0.1, 0.15) is 11.1 Å². The summed E-state index contributed by atoms with van der Waals surface area (Å²) in [5.74, 6) is 0. The summed E-state index contributed by atoms with van der Waals surface area (Å²) in [6.45, 7) is 2.82. The summed E-state index contributed by atoms with van der Waals surface area (Å²) in [6, 6.07) is 21.1. The Kier molecular flexibility index (Phi) is 13.2. The molecule has 8 heteroatoms. The highest BCUT2D eigenvalue weighted by atomic mass is 31.2. The molecule has 0 spiro atoms. The van der Waals surface area contributed by atoms with Crippen LogP contribution in [0.5, 0.6) is 0 Å². The topological polar surface area (TPSA) is 71.1 Å². The molecule has 0 aliphatic heterocycles. The molecule has 152 valence electrons. The molecule has 0 aliphatic rings. The smallest absolute Gasteiger partial charge is 0.312 e. The maximum Gasteiger partial charge on any atom is 0.327 e. The maximum absolute atomic E-state index is 10.5. The Labute approximate surface area is 162 Å². The second-order valence-electron chi connectivity index (χ2n) is 5.42. The lowest BCUT2D eigenvalue weighted by Gasteiger charge is -2.04. The van der Waals surface area contributed by atoms with E-state index in [0.717, 1.165) is 6.42 Å². The number of hydrogen-bond donors (Lipinski definition) is 0. The summed E-state index contributed by atoms with van der Waals surface area (Å²) in [5, 5.41) is 0. The summed E-state index contributed by atoms with van der Waals surface area (Å²) in [7, 11) is 0.0972. The quantitative estimate of drug-likeness (QED) is 0.581. The van der Waals surface area contributed by atoms with Crippen molar-refractivity contribution in [3.63, 3.8) is 0 Å². The van der Waals surface area contributed by atoms with E-state index in [1.165, 1.54) is 52.9 Å². The summed E-state index contributed by atoms with van der Waals surface area (Å²) < 4.78 is 38.7. The zero-order valence-corrected chi connectivity index (χ0v) is 18.6. The minimum absolute atomic E-state index is 1.03. The Morgan fingerprint density at radius 1 is 0.593 bits per heavy atom. The molecule has 0 atom stereocenters. The van der Waals surface area contributed by atoms with Gasteiger partial charge in [-0.1, -0.05) is 60.7 Å². The monoisotopic (exact) mass is 416 g/mol. The zero-order chi connectivity index (χ0) is 20.8. The lowest BCUT2D eigenvalue weighted by molar-refractivity contribution is 0.281. The van der Waals surface area contributed by atoms with E-state index < -0.39 is 15.2 Å². The summed E-state index contributed by atoms with van der Waals surface area (Å²) in [4.78, 5) is 0. The van der Waals surface area contributed by atoms with Crippen LogP contribution in [-0.4, -0.2) is 41.8 Å². The van der Waals surface area contributed by atoms with Crippen LogP contribution in [0, 0.1) is 0 Å². The maximum atomic E-state index is 10.5. The minimum atomic E-state index is -2.65. The van der Waals surface area contributed by atoms with Crippen LogP contribution in [0.25, 0.3) is 0 Å². The zero-order valence-electron chi connectivity index (χ0n) is 16.8. The van der Waals surface area contributed by atoms with Gasteiger partial charge in [0.2, 0.25) is 0 Å². The van der Waals surface area contributed by atoms with Gasteiger partial charge in [0.05, 0.1) is 0 Å². The average molecular weight is 416 g/mol.